The number of cyclic esters (lactones) is 1. The van der Waals surface area contributed by atoms with E-state index in [9.17, 15) is 4.79 Å². The maximum Gasteiger partial charge on any atom is 0.331 e. The molecule has 4 nitrogen and oxygen atoms in total. The average molecular weight is 277 g/mol. The molecule has 2 aliphatic rings. The third-order valence-corrected chi connectivity index (χ3v) is 3.01. The Hall–Kier alpha value is -0.390. The molecule has 0 aromatic rings. The van der Waals surface area contributed by atoms with E-state index in [1.165, 1.54) is 6.08 Å². The van der Waals surface area contributed by atoms with Gasteiger partial charge >= 0.3 is 5.97 Å². The minimum atomic E-state index is -0.619. The first-order valence-corrected chi connectivity index (χ1v) is 5.94. The predicted molar refractivity (Wildman–Crippen MR) is 56.6 cm³/mol. The largest absolute Gasteiger partial charge is 0.452 e. The van der Waals surface area contributed by atoms with Gasteiger partial charge in [-0.1, -0.05) is 15.9 Å². The van der Waals surface area contributed by atoms with Crippen molar-refractivity contribution in [2.45, 2.75) is 37.9 Å². The summed E-state index contributed by atoms with van der Waals surface area (Å²) in [6.45, 7) is 3.70. The van der Waals surface area contributed by atoms with Gasteiger partial charge in [0.25, 0.3) is 0 Å². The molecule has 84 valence electrons. The molecule has 0 amide bonds. The number of halogens is 1. The first-order chi connectivity index (χ1) is 7.02. The first-order valence-electron chi connectivity index (χ1n) is 4.82. The molecule has 0 saturated carbocycles. The molecule has 0 aromatic heterocycles. The first kappa shape index (κ1) is 11.1. The van der Waals surface area contributed by atoms with Crippen LogP contribution in [0.15, 0.2) is 12.2 Å². The number of esters is 1. The van der Waals surface area contributed by atoms with Crippen molar-refractivity contribution in [1.82, 2.24) is 0 Å². The molecule has 2 rings (SSSR count). The van der Waals surface area contributed by atoms with Gasteiger partial charge in [-0.3, -0.25) is 0 Å². The standard InChI is InChI=1S/C10H13BrO4/c1-10(2)14-7(5-11)9(15-10)6-3-4-8(12)13-6/h3-4,6-7,9H,5H2,1-2H3/t6-,7-,9-/m1/s1. The zero-order valence-electron chi connectivity index (χ0n) is 8.60. The molecule has 0 bridgehead atoms. The van der Waals surface area contributed by atoms with Gasteiger partial charge in [0.1, 0.15) is 18.3 Å². The fourth-order valence-electron chi connectivity index (χ4n) is 1.82. The molecule has 5 heteroatoms. The van der Waals surface area contributed by atoms with E-state index in [2.05, 4.69) is 15.9 Å². The second-order valence-corrected chi connectivity index (χ2v) is 4.70. The van der Waals surface area contributed by atoms with Crippen LogP contribution in [0.25, 0.3) is 0 Å². The van der Waals surface area contributed by atoms with Crippen molar-refractivity contribution in [3.05, 3.63) is 12.2 Å². The zero-order valence-corrected chi connectivity index (χ0v) is 10.2. The van der Waals surface area contributed by atoms with Crippen molar-refractivity contribution in [1.29, 1.82) is 0 Å². The number of ether oxygens (including phenoxy) is 3. The normalized spacial score (nSPS) is 38.3. The smallest absolute Gasteiger partial charge is 0.331 e. The van der Waals surface area contributed by atoms with Crippen LogP contribution in [0.1, 0.15) is 13.8 Å². The van der Waals surface area contributed by atoms with Gasteiger partial charge in [-0.2, -0.15) is 0 Å². The van der Waals surface area contributed by atoms with Crippen LogP contribution in [-0.2, 0) is 19.0 Å². The van der Waals surface area contributed by atoms with Crippen LogP contribution in [0.4, 0.5) is 0 Å². The summed E-state index contributed by atoms with van der Waals surface area (Å²) in [5, 5.41) is 0.656. The molecule has 0 unspecified atom stereocenters. The lowest BCUT2D eigenvalue weighted by Gasteiger charge is -2.20. The van der Waals surface area contributed by atoms with Crippen molar-refractivity contribution < 1.29 is 19.0 Å². The van der Waals surface area contributed by atoms with Gasteiger partial charge in [-0.25, -0.2) is 4.79 Å². The number of carbonyl (C=O) groups excluding carboxylic acids is 1. The van der Waals surface area contributed by atoms with Crippen LogP contribution in [0.5, 0.6) is 0 Å². The van der Waals surface area contributed by atoms with Crippen LogP contribution in [0, 0.1) is 0 Å². The molecule has 2 aliphatic heterocycles. The topological polar surface area (TPSA) is 44.8 Å². The summed E-state index contributed by atoms with van der Waals surface area (Å²) in [4.78, 5) is 10.9. The molecule has 0 spiro atoms. The lowest BCUT2D eigenvalue weighted by Crippen LogP contribution is -2.36. The van der Waals surface area contributed by atoms with Gasteiger partial charge in [-0.05, 0) is 19.9 Å². The number of hydrogen-bond acceptors (Lipinski definition) is 4. The molecule has 2 heterocycles. The Kier molecular flexibility index (Phi) is 2.87. The Morgan fingerprint density at radius 3 is 2.73 bits per heavy atom. The molecule has 1 saturated heterocycles. The Morgan fingerprint density at radius 1 is 1.47 bits per heavy atom. The van der Waals surface area contributed by atoms with E-state index in [1.807, 2.05) is 13.8 Å². The highest BCUT2D eigenvalue weighted by Crippen LogP contribution is 2.33. The number of carbonyl (C=O) groups is 1. The fraction of sp³-hybridized carbons (Fsp3) is 0.700. The lowest BCUT2D eigenvalue weighted by atomic mass is 10.1. The van der Waals surface area contributed by atoms with E-state index in [-0.39, 0.29) is 24.3 Å². The molecule has 3 atom stereocenters. The van der Waals surface area contributed by atoms with Gasteiger partial charge in [0.15, 0.2) is 5.79 Å². The molecule has 15 heavy (non-hydrogen) atoms. The van der Waals surface area contributed by atoms with Gasteiger partial charge in [-0.15, -0.1) is 0 Å². The Morgan fingerprint density at radius 2 is 2.20 bits per heavy atom. The fourth-order valence-corrected chi connectivity index (χ4v) is 2.32. The summed E-state index contributed by atoms with van der Waals surface area (Å²) in [6.07, 6.45) is 2.47. The van der Waals surface area contributed by atoms with E-state index < -0.39 is 5.79 Å². The maximum atomic E-state index is 10.9. The quantitative estimate of drug-likeness (QED) is 0.565. The Labute approximate surface area is 96.7 Å². The summed E-state index contributed by atoms with van der Waals surface area (Å²) >= 11 is 3.36. The molecular weight excluding hydrogens is 264 g/mol. The maximum absolute atomic E-state index is 10.9. The van der Waals surface area contributed by atoms with E-state index in [1.54, 1.807) is 6.08 Å². The highest BCUT2D eigenvalue weighted by atomic mass is 79.9. The van der Waals surface area contributed by atoms with Crippen molar-refractivity contribution in [2.75, 3.05) is 5.33 Å². The molecule has 0 aliphatic carbocycles. The van der Waals surface area contributed by atoms with Crippen LogP contribution in [0.2, 0.25) is 0 Å². The molecule has 1 fully saturated rings. The lowest BCUT2D eigenvalue weighted by molar-refractivity contribution is -0.160. The SMILES string of the molecule is CC1(C)O[C@H]([C@H]2C=CC(=O)O2)[C@@H](CBr)O1. The number of hydrogen-bond donors (Lipinski definition) is 0. The van der Waals surface area contributed by atoms with E-state index in [0.29, 0.717) is 5.33 Å². The highest BCUT2D eigenvalue weighted by molar-refractivity contribution is 9.09. The van der Waals surface area contributed by atoms with Crippen LogP contribution >= 0.6 is 15.9 Å². The molecule has 0 aromatic carbocycles. The molecular formula is C10H13BrO4. The number of alkyl halides is 1. The van der Waals surface area contributed by atoms with Crippen molar-refractivity contribution in [3.63, 3.8) is 0 Å². The van der Waals surface area contributed by atoms with Gasteiger partial charge in [0, 0.05) is 11.4 Å². The van der Waals surface area contributed by atoms with E-state index in [0.717, 1.165) is 0 Å². The summed E-state index contributed by atoms with van der Waals surface area (Å²) in [5.41, 5.74) is 0. The average Bonchev–Trinajstić information content (AvgIpc) is 2.69. The third-order valence-electron chi connectivity index (χ3n) is 2.37. The van der Waals surface area contributed by atoms with Gasteiger partial charge in [0.2, 0.25) is 0 Å². The minimum absolute atomic E-state index is 0.0967. The Bertz CT molecular complexity index is 300. The summed E-state index contributed by atoms with van der Waals surface area (Å²) in [6, 6.07) is 0. The molecule has 0 N–H and O–H groups in total. The summed E-state index contributed by atoms with van der Waals surface area (Å²) in [5.74, 6) is -0.937. The second kappa shape index (κ2) is 3.88. The predicted octanol–water partition coefficient (Wildman–Crippen LogP) is 1.38. The summed E-state index contributed by atoms with van der Waals surface area (Å²) < 4.78 is 16.5. The van der Waals surface area contributed by atoms with Crippen LogP contribution in [0.3, 0.4) is 0 Å². The monoisotopic (exact) mass is 276 g/mol. The van der Waals surface area contributed by atoms with E-state index in [4.69, 9.17) is 14.2 Å². The van der Waals surface area contributed by atoms with Gasteiger partial charge < -0.3 is 14.2 Å². The highest BCUT2D eigenvalue weighted by Gasteiger charge is 2.46. The van der Waals surface area contributed by atoms with E-state index >= 15 is 0 Å². The van der Waals surface area contributed by atoms with Crippen molar-refractivity contribution >= 4 is 21.9 Å². The third kappa shape index (κ3) is 2.24. The van der Waals surface area contributed by atoms with Gasteiger partial charge in [0.05, 0.1) is 0 Å². The number of rotatable bonds is 2. The van der Waals surface area contributed by atoms with Crippen LogP contribution < -0.4 is 0 Å². The minimum Gasteiger partial charge on any atom is -0.452 e. The van der Waals surface area contributed by atoms with Crippen molar-refractivity contribution in [2.24, 2.45) is 0 Å². The second-order valence-electron chi connectivity index (χ2n) is 4.05. The van der Waals surface area contributed by atoms with Crippen LogP contribution in [-0.4, -0.2) is 35.4 Å². The zero-order chi connectivity index (χ0) is 11.1. The summed E-state index contributed by atoms with van der Waals surface area (Å²) in [7, 11) is 0. The molecule has 0 radical (unpaired) electrons. The Balaban J connectivity index is 2.08. The van der Waals surface area contributed by atoms with Crippen molar-refractivity contribution in [3.8, 4) is 0 Å².